The van der Waals surface area contributed by atoms with Crippen LogP contribution in [0.15, 0.2) is 16.6 Å². The van der Waals surface area contributed by atoms with Crippen LogP contribution in [0.1, 0.15) is 5.56 Å². The lowest BCUT2D eigenvalue weighted by Gasteiger charge is -2.01. The SMILES string of the molecule is N#Cc1cc(N)cc(Br)c1N. The number of benzene rings is 1. The van der Waals surface area contributed by atoms with E-state index in [0.717, 1.165) is 0 Å². The minimum atomic E-state index is 0.400. The van der Waals surface area contributed by atoms with E-state index < -0.39 is 0 Å². The van der Waals surface area contributed by atoms with Gasteiger partial charge in [0.25, 0.3) is 0 Å². The van der Waals surface area contributed by atoms with Crippen molar-refractivity contribution in [3.63, 3.8) is 0 Å². The van der Waals surface area contributed by atoms with Crippen molar-refractivity contribution >= 4 is 27.3 Å². The Kier molecular flexibility index (Phi) is 2.01. The first-order valence-electron chi connectivity index (χ1n) is 2.89. The zero-order valence-corrected chi connectivity index (χ0v) is 7.22. The molecule has 0 saturated heterocycles. The van der Waals surface area contributed by atoms with Crippen LogP contribution in [0.3, 0.4) is 0 Å². The Balaban J connectivity index is 3.39. The van der Waals surface area contributed by atoms with E-state index in [0.29, 0.717) is 21.4 Å². The van der Waals surface area contributed by atoms with Crippen molar-refractivity contribution in [2.24, 2.45) is 0 Å². The highest BCUT2D eigenvalue weighted by Crippen LogP contribution is 2.25. The van der Waals surface area contributed by atoms with Crippen molar-refractivity contribution in [1.82, 2.24) is 0 Å². The third-order valence-electron chi connectivity index (χ3n) is 1.27. The Morgan fingerprint density at radius 3 is 2.55 bits per heavy atom. The highest BCUT2D eigenvalue weighted by Gasteiger charge is 2.02. The molecule has 11 heavy (non-hydrogen) atoms. The van der Waals surface area contributed by atoms with Crippen LogP contribution in [0, 0.1) is 11.3 Å². The summed E-state index contributed by atoms with van der Waals surface area (Å²) in [6.45, 7) is 0. The summed E-state index contributed by atoms with van der Waals surface area (Å²) >= 11 is 3.18. The molecule has 0 fully saturated rings. The molecule has 0 spiro atoms. The zero-order valence-electron chi connectivity index (χ0n) is 5.63. The zero-order chi connectivity index (χ0) is 8.43. The number of hydrogen-bond acceptors (Lipinski definition) is 3. The van der Waals surface area contributed by atoms with Gasteiger partial charge < -0.3 is 11.5 Å². The second-order valence-corrected chi connectivity index (χ2v) is 2.93. The summed E-state index contributed by atoms with van der Waals surface area (Å²) in [5.74, 6) is 0. The van der Waals surface area contributed by atoms with Crippen LogP contribution in [0.25, 0.3) is 0 Å². The summed E-state index contributed by atoms with van der Waals surface area (Å²) in [6.07, 6.45) is 0. The summed E-state index contributed by atoms with van der Waals surface area (Å²) in [7, 11) is 0. The summed E-state index contributed by atoms with van der Waals surface area (Å²) in [4.78, 5) is 0. The first-order chi connectivity index (χ1) is 5.15. The van der Waals surface area contributed by atoms with E-state index in [1.54, 1.807) is 12.1 Å². The number of anilines is 2. The van der Waals surface area contributed by atoms with Gasteiger partial charge in [0.15, 0.2) is 0 Å². The Labute approximate surface area is 72.7 Å². The lowest BCUT2D eigenvalue weighted by Crippen LogP contribution is -1.94. The van der Waals surface area contributed by atoms with Crippen LogP contribution >= 0.6 is 15.9 Å². The molecule has 0 bridgehead atoms. The number of nitrogen functional groups attached to an aromatic ring is 2. The molecular formula is C7H6BrN3. The highest BCUT2D eigenvalue weighted by molar-refractivity contribution is 9.10. The molecule has 1 aromatic rings. The quantitative estimate of drug-likeness (QED) is 0.639. The largest absolute Gasteiger partial charge is 0.399 e. The van der Waals surface area contributed by atoms with Gasteiger partial charge in [-0.2, -0.15) is 5.26 Å². The van der Waals surface area contributed by atoms with Gasteiger partial charge in [0.05, 0.1) is 11.3 Å². The predicted molar refractivity (Wildman–Crippen MR) is 47.7 cm³/mol. The molecule has 0 heterocycles. The average molecular weight is 212 g/mol. The Morgan fingerprint density at radius 1 is 1.36 bits per heavy atom. The van der Waals surface area contributed by atoms with Crippen molar-refractivity contribution < 1.29 is 0 Å². The van der Waals surface area contributed by atoms with Gasteiger partial charge >= 0.3 is 0 Å². The lowest BCUT2D eigenvalue weighted by molar-refractivity contribution is 1.47. The Bertz CT molecular complexity index is 327. The average Bonchev–Trinajstić information content (AvgIpc) is 1.96. The minimum absolute atomic E-state index is 0.400. The summed E-state index contributed by atoms with van der Waals surface area (Å²) in [5, 5.41) is 8.56. The standard InChI is InChI=1S/C7H6BrN3/c8-6-2-5(10)1-4(3-9)7(6)11/h1-2H,10-11H2. The normalized spacial score (nSPS) is 9.09. The molecule has 0 aliphatic rings. The minimum Gasteiger partial charge on any atom is -0.399 e. The van der Waals surface area contributed by atoms with Crippen LogP contribution in [0.5, 0.6) is 0 Å². The predicted octanol–water partition coefficient (Wildman–Crippen LogP) is 1.49. The Morgan fingerprint density at radius 2 is 2.00 bits per heavy atom. The van der Waals surface area contributed by atoms with Gasteiger partial charge in [-0.15, -0.1) is 0 Å². The maximum absolute atomic E-state index is 8.56. The fraction of sp³-hybridized carbons (Fsp3) is 0. The molecule has 1 aromatic carbocycles. The molecule has 0 aliphatic carbocycles. The number of rotatable bonds is 0. The van der Waals surface area contributed by atoms with E-state index in [1.165, 1.54) is 0 Å². The molecule has 1 rings (SSSR count). The molecule has 3 nitrogen and oxygen atoms in total. The summed E-state index contributed by atoms with van der Waals surface area (Å²) in [6, 6.07) is 5.15. The third kappa shape index (κ3) is 1.44. The van der Waals surface area contributed by atoms with Crippen LogP contribution in [0.2, 0.25) is 0 Å². The number of nitrogens with two attached hydrogens (primary N) is 2. The van der Waals surface area contributed by atoms with Gasteiger partial charge in [-0.3, -0.25) is 0 Å². The Hall–Kier alpha value is -1.21. The molecule has 0 unspecified atom stereocenters. The lowest BCUT2D eigenvalue weighted by atomic mass is 10.2. The van der Waals surface area contributed by atoms with Gasteiger partial charge in [0.2, 0.25) is 0 Å². The van der Waals surface area contributed by atoms with Crippen molar-refractivity contribution in [2.45, 2.75) is 0 Å². The van der Waals surface area contributed by atoms with Crippen LogP contribution in [-0.2, 0) is 0 Å². The van der Waals surface area contributed by atoms with Crippen molar-refractivity contribution in [3.05, 3.63) is 22.2 Å². The van der Waals surface area contributed by atoms with Gasteiger partial charge in [-0.25, -0.2) is 0 Å². The van der Waals surface area contributed by atoms with Crippen LogP contribution in [0.4, 0.5) is 11.4 Å². The second kappa shape index (κ2) is 2.81. The fourth-order valence-electron chi connectivity index (χ4n) is 0.731. The molecule has 56 valence electrons. The van der Waals surface area contributed by atoms with E-state index in [4.69, 9.17) is 16.7 Å². The molecule has 4 N–H and O–H groups in total. The second-order valence-electron chi connectivity index (χ2n) is 2.08. The molecule has 0 atom stereocenters. The van der Waals surface area contributed by atoms with E-state index in [-0.39, 0.29) is 0 Å². The first kappa shape index (κ1) is 7.89. The van der Waals surface area contributed by atoms with Crippen molar-refractivity contribution in [2.75, 3.05) is 11.5 Å². The van der Waals surface area contributed by atoms with E-state index in [9.17, 15) is 0 Å². The van der Waals surface area contributed by atoms with Gasteiger partial charge in [0, 0.05) is 10.2 Å². The van der Waals surface area contributed by atoms with Crippen LogP contribution < -0.4 is 11.5 Å². The molecule has 0 aliphatic heterocycles. The van der Waals surface area contributed by atoms with Gasteiger partial charge in [-0.05, 0) is 28.1 Å². The smallest absolute Gasteiger partial charge is 0.101 e. The maximum atomic E-state index is 8.56. The van der Waals surface area contributed by atoms with Crippen LogP contribution in [-0.4, -0.2) is 0 Å². The summed E-state index contributed by atoms with van der Waals surface area (Å²) in [5.41, 5.74) is 12.4. The van der Waals surface area contributed by atoms with Crippen molar-refractivity contribution in [3.8, 4) is 6.07 Å². The van der Waals surface area contributed by atoms with Gasteiger partial charge in [0.1, 0.15) is 6.07 Å². The maximum Gasteiger partial charge on any atom is 0.101 e. The summed E-state index contributed by atoms with van der Waals surface area (Å²) < 4.78 is 0.661. The fourth-order valence-corrected chi connectivity index (χ4v) is 1.21. The monoisotopic (exact) mass is 211 g/mol. The number of hydrogen-bond donors (Lipinski definition) is 2. The topological polar surface area (TPSA) is 75.8 Å². The molecule has 0 amide bonds. The van der Waals surface area contributed by atoms with E-state index in [2.05, 4.69) is 15.9 Å². The number of nitriles is 1. The van der Waals surface area contributed by atoms with Gasteiger partial charge in [-0.1, -0.05) is 0 Å². The van der Waals surface area contributed by atoms with E-state index in [1.807, 2.05) is 6.07 Å². The molecule has 0 saturated carbocycles. The highest BCUT2D eigenvalue weighted by atomic mass is 79.9. The third-order valence-corrected chi connectivity index (χ3v) is 1.93. The molecule has 0 aromatic heterocycles. The van der Waals surface area contributed by atoms with Crippen molar-refractivity contribution in [1.29, 1.82) is 5.26 Å². The van der Waals surface area contributed by atoms with E-state index >= 15 is 0 Å². The number of halogens is 1. The molecule has 0 radical (unpaired) electrons. The molecule has 4 heteroatoms. The molecular weight excluding hydrogens is 206 g/mol. The number of nitrogens with zero attached hydrogens (tertiary/aromatic N) is 1. The first-order valence-corrected chi connectivity index (χ1v) is 3.69.